The van der Waals surface area contributed by atoms with Crippen molar-refractivity contribution in [2.75, 3.05) is 5.32 Å². The maximum Gasteiger partial charge on any atom is 0.152 e. The molecule has 0 saturated heterocycles. The highest BCUT2D eigenvalue weighted by atomic mass is 35.5. The van der Waals surface area contributed by atoms with Crippen molar-refractivity contribution >= 4 is 17.3 Å². The minimum absolute atomic E-state index is 0.382. The van der Waals surface area contributed by atoms with Crippen molar-refractivity contribution in [2.45, 2.75) is 37.8 Å². The van der Waals surface area contributed by atoms with Crippen LogP contribution in [0, 0.1) is 0 Å². The van der Waals surface area contributed by atoms with Crippen LogP contribution in [-0.2, 0) is 0 Å². The van der Waals surface area contributed by atoms with Gasteiger partial charge in [-0.3, -0.25) is 0 Å². The Morgan fingerprint density at radius 1 is 1.33 bits per heavy atom. The normalized spacial score (nSPS) is 26.3. The van der Waals surface area contributed by atoms with E-state index in [4.69, 9.17) is 17.3 Å². The van der Waals surface area contributed by atoms with Crippen LogP contribution < -0.4 is 11.1 Å². The molecule has 0 atom stereocenters. The van der Waals surface area contributed by atoms with E-state index in [9.17, 15) is 0 Å². The molecule has 0 unspecified atom stereocenters. The second-order valence-electron chi connectivity index (χ2n) is 4.10. The Balaban J connectivity index is 1.95. The van der Waals surface area contributed by atoms with E-state index in [0.717, 1.165) is 31.4 Å². The maximum atomic E-state index is 5.97. The van der Waals surface area contributed by atoms with Crippen LogP contribution in [0.1, 0.15) is 25.7 Å². The monoisotopic (exact) mass is 225 g/mol. The van der Waals surface area contributed by atoms with Crippen LogP contribution in [0.4, 0.5) is 5.69 Å². The number of halogens is 1. The summed E-state index contributed by atoms with van der Waals surface area (Å²) in [6.45, 7) is 0. The standard InChI is InChI=1S/C11H16ClN3/c12-11-10(2-1-7-14-11)15-9-5-3-8(13)4-6-9/h1-2,7-9,15H,3-6,13H2. The van der Waals surface area contributed by atoms with E-state index in [2.05, 4.69) is 10.3 Å². The summed E-state index contributed by atoms with van der Waals surface area (Å²) in [5, 5.41) is 3.97. The van der Waals surface area contributed by atoms with Gasteiger partial charge >= 0.3 is 0 Å². The van der Waals surface area contributed by atoms with E-state index in [1.165, 1.54) is 0 Å². The van der Waals surface area contributed by atoms with Gasteiger partial charge in [-0.1, -0.05) is 11.6 Å². The molecule has 15 heavy (non-hydrogen) atoms. The first-order valence-electron chi connectivity index (χ1n) is 5.38. The van der Waals surface area contributed by atoms with Crippen LogP contribution >= 0.6 is 11.6 Å². The quantitative estimate of drug-likeness (QED) is 0.761. The zero-order valence-electron chi connectivity index (χ0n) is 8.62. The predicted octanol–water partition coefficient (Wildman–Crippen LogP) is 2.42. The van der Waals surface area contributed by atoms with E-state index in [1.54, 1.807) is 6.20 Å². The average molecular weight is 226 g/mol. The van der Waals surface area contributed by atoms with Gasteiger partial charge in [0.15, 0.2) is 5.15 Å². The van der Waals surface area contributed by atoms with E-state index in [0.29, 0.717) is 17.2 Å². The second kappa shape index (κ2) is 4.81. The van der Waals surface area contributed by atoms with Crippen LogP contribution in [0.3, 0.4) is 0 Å². The van der Waals surface area contributed by atoms with Crippen LogP contribution in [0.15, 0.2) is 18.3 Å². The van der Waals surface area contributed by atoms with Crippen LogP contribution in [0.5, 0.6) is 0 Å². The molecule has 0 amide bonds. The van der Waals surface area contributed by atoms with Gasteiger partial charge in [0.2, 0.25) is 0 Å². The number of nitrogens with one attached hydrogen (secondary N) is 1. The molecule has 0 aromatic carbocycles. The Bertz CT molecular complexity index is 321. The van der Waals surface area contributed by atoms with Crippen molar-refractivity contribution in [1.82, 2.24) is 4.98 Å². The summed E-state index contributed by atoms with van der Waals surface area (Å²) < 4.78 is 0. The molecule has 1 aliphatic carbocycles. The lowest BCUT2D eigenvalue weighted by molar-refractivity contribution is 0.411. The van der Waals surface area contributed by atoms with Crippen molar-refractivity contribution in [2.24, 2.45) is 5.73 Å². The van der Waals surface area contributed by atoms with E-state index >= 15 is 0 Å². The summed E-state index contributed by atoms with van der Waals surface area (Å²) in [4.78, 5) is 4.04. The zero-order chi connectivity index (χ0) is 10.7. The Labute approximate surface area is 95.0 Å². The lowest BCUT2D eigenvalue weighted by Crippen LogP contribution is -2.32. The lowest BCUT2D eigenvalue weighted by atomic mass is 9.92. The number of nitrogens with zero attached hydrogens (tertiary/aromatic N) is 1. The third-order valence-corrected chi connectivity index (χ3v) is 3.19. The first kappa shape index (κ1) is 10.7. The molecule has 0 spiro atoms. The fraction of sp³-hybridized carbons (Fsp3) is 0.545. The highest BCUT2D eigenvalue weighted by molar-refractivity contribution is 6.31. The smallest absolute Gasteiger partial charge is 0.152 e. The number of hydrogen-bond donors (Lipinski definition) is 2. The summed E-state index contributed by atoms with van der Waals surface area (Å²) in [6.07, 6.45) is 6.12. The molecule has 4 heteroatoms. The number of aromatic nitrogens is 1. The number of nitrogens with two attached hydrogens (primary N) is 1. The zero-order valence-corrected chi connectivity index (χ0v) is 9.37. The molecule has 3 nitrogen and oxygen atoms in total. The first-order chi connectivity index (χ1) is 7.25. The van der Waals surface area contributed by atoms with Gasteiger partial charge in [0, 0.05) is 18.3 Å². The first-order valence-corrected chi connectivity index (χ1v) is 5.76. The summed E-state index contributed by atoms with van der Waals surface area (Å²) in [5.41, 5.74) is 6.78. The molecular formula is C11H16ClN3. The van der Waals surface area contributed by atoms with Crippen molar-refractivity contribution < 1.29 is 0 Å². The highest BCUT2D eigenvalue weighted by Gasteiger charge is 2.18. The van der Waals surface area contributed by atoms with E-state index < -0.39 is 0 Å². The predicted molar refractivity (Wildman–Crippen MR) is 63.1 cm³/mol. The molecular weight excluding hydrogens is 210 g/mol. The van der Waals surface area contributed by atoms with Gasteiger partial charge in [0.1, 0.15) is 0 Å². The summed E-state index contributed by atoms with van der Waals surface area (Å²) in [7, 11) is 0. The fourth-order valence-corrected chi connectivity index (χ4v) is 2.15. The largest absolute Gasteiger partial charge is 0.380 e. The van der Waals surface area contributed by atoms with Crippen molar-refractivity contribution in [3.05, 3.63) is 23.5 Å². The molecule has 1 aromatic rings. The van der Waals surface area contributed by atoms with Crippen molar-refractivity contribution in [1.29, 1.82) is 0 Å². The molecule has 0 bridgehead atoms. The van der Waals surface area contributed by atoms with Gasteiger partial charge in [0.25, 0.3) is 0 Å². The molecule has 3 N–H and O–H groups in total. The van der Waals surface area contributed by atoms with Gasteiger partial charge in [-0.05, 0) is 37.8 Å². The Kier molecular flexibility index (Phi) is 3.44. The van der Waals surface area contributed by atoms with Crippen LogP contribution in [0.2, 0.25) is 5.15 Å². The maximum absolute atomic E-state index is 5.97. The minimum atomic E-state index is 0.382. The van der Waals surface area contributed by atoms with E-state index in [1.807, 2.05) is 12.1 Å². The fourth-order valence-electron chi connectivity index (χ4n) is 1.98. The van der Waals surface area contributed by atoms with Gasteiger partial charge in [0.05, 0.1) is 5.69 Å². The SMILES string of the molecule is NC1CCC(Nc2cccnc2Cl)CC1. The summed E-state index contributed by atoms with van der Waals surface area (Å²) in [5.74, 6) is 0. The van der Waals surface area contributed by atoms with Gasteiger partial charge in [-0.2, -0.15) is 0 Å². The Morgan fingerprint density at radius 2 is 2.07 bits per heavy atom. The molecule has 1 aromatic heterocycles. The van der Waals surface area contributed by atoms with Gasteiger partial charge < -0.3 is 11.1 Å². The Hall–Kier alpha value is -0.800. The van der Waals surface area contributed by atoms with Gasteiger partial charge in [-0.15, -0.1) is 0 Å². The lowest BCUT2D eigenvalue weighted by Gasteiger charge is -2.27. The molecule has 1 saturated carbocycles. The van der Waals surface area contributed by atoms with E-state index in [-0.39, 0.29) is 0 Å². The van der Waals surface area contributed by atoms with Crippen LogP contribution in [0.25, 0.3) is 0 Å². The molecule has 82 valence electrons. The van der Waals surface area contributed by atoms with Crippen LogP contribution in [-0.4, -0.2) is 17.1 Å². The third kappa shape index (κ3) is 2.83. The number of anilines is 1. The summed E-state index contributed by atoms with van der Waals surface area (Å²) in [6, 6.07) is 4.73. The minimum Gasteiger partial charge on any atom is -0.380 e. The molecule has 1 aliphatic rings. The number of hydrogen-bond acceptors (Lipinski definition) is 3. The molecule has 0 aliphatic heterocycles. The van der Waals surface area contributed by atoms with Crippen molar-refractivity contribution in [3.8, 4) is 0 Å². The molecule has 0 radical (unpaired) electrons. The average Bonchev–Trinajstić information content (AvgIpc) is 2.25. The number of pyridine rings is 1. The number of rotatable bonds is 2. The second-order valence-corrected chi connectivity index (χ2v) is 4.46. The third-order valence-electron chi connectivity index (χ3n) is 2.89. The Morgan fingerprint density at radius 3 is 2.73 bits per heavy atom. The van der Waals surface area contributed by atoms with Crippen molar-refractivity contribution in [3.63, 3.8) is 0 Å². The summed E-state index contributed by atoms with van der Waals surface area (Å²) >= 11 is 5.97. The molecule has 1 heterocycles. The molecule has 1 fully saturated rings. The molecule has 2 rings (SSSR count). The topological polar surface area (TPSA) is 50.9 Å². The van der Waals surface area contributed by atoms with Gasteiger partial charge in [-0.25, -0.2) is 4.98 Å². The highest BCUT2D eigenvalue weighted by Crippen LogP contribution is 2.24.